The molecule has 0 unspecified atom stereocenters. The second-order valence-electron chi connectivity index (χ2n) is 7.04. The van der Waals surface area contributed by atoms with Gasteiger partial charge in [0.2, 0.25) is 5.91 Å². The lowest BCUT2D eigenvalue weighted by molar-refractivity contribution is -0.116. The van der Waals surface area contributed by atoms with Crippen molar-refractivity contribution in [3.8, 4) is 5.75 Å². The number of amides is 1. The van der Waals surface area contributed by atoms with E-state index in [4.69, 9.17) is 9.15 Å². The third-order valence-electron chi connectivity index (χ3n) is 4.93. The lowest BCUT2D eigenvalue weighted by Crippen LogP contribution is -2.17. The van der Waals surface area contributed by atoms with E-state index in [2.05, 4.69) is 10.6 Å². The molecule has 0 spiro atoms. The second-order valence-corrected chi connectivity index (χ2v) is 7.04. The van der Waals surface area contributed by atoms with Crippen molar-refractivity contribution < 1.29 is 13.9 Å². The van der Waals surface area contributed by atoms with Crippen LogP contribution in [0.2, 0.25) is 0 Å². The summed E-state index contributed by atoms with van der Waals surface area (Å²) in [4.78, 5) is 24.6. The first-order valence-corrected chi connectivity index (χ1v) is 10.0. The van der Waals surface area contributed by atoms with Crippen molar-refractivity contribution in [3.63, 3.8) is 0 Å². The topological polar surface area (TPSA) is 85.5 Å². The van der Waals surface area contributed by atoms with Crippen LogP contribution in [0.25, 0.3) is 11.1 Å². The van der Waals surface area contributed by atoms with Crippen LogP contribution < -0.4 is 21.1 Å². The highest BCUT2D eigenvalue weighted by atomic mass is 16.5. The summed E-state index contributed by atoms with van der Waals surface area (Å²) in [6.07, 6.45) is 0.798. The van der Waals surface area contributed by atoms with E-state index in [0.717, 1.165) is 22.6 Å². The van der Waals surface area contributed by atoms with Crippen LogP contribution >= 0.6 is 0 Å². The first-order valence-electron chi connectivity index (χ1n) is 10.0. The Hall–Kier alpha value is -4.00. The van der Waals surface area contributed by atoms with Crippen LogP contribution in [0, 0.1) is 0 Å². The summed E-state index contributed by atoms with van der Waals surface area (Å²) in [6.45, 7) is 0.412. The Balaban J connectivity index is 1.37. The van der Waals surface area contributed by atoms with E-state index >= 15 is 0 Å². The Morgan fingerprint density at radius 1 is 0.968 bits per heavy atom. The fourth-order valence-electron chi connectivity index (χ4n) is 3.37. The number of carbonyl (C=O) groups excluding carboxylic acids is 1. The third kappa shape index (κ3) is 4.78. The highest BCUT2D eigenvalue weighted by Crippen LogP contribution is 2.26. The van der Waals surface area contributed by atoms with Gasteiger partial charge >= 0.3 is 5.76 Å². The highest BCUT2D eigenvalue weighted by Gasteiger charge is 2.11. The van der Waals surface area contributed by atoms with Gasteiger partial charge in [-0.25, -0.2) is 4.79 Å². The largest absolute Gasteiger partial charge is 0.497 e. The number of hydrogen-bond acceptors (Lipinski definition) is 5. The number of benzene rings is 3. The molecule has 4 rings (SSSR count). The maximum absolute atomic E-state index is 12.5. The molecule has 1 amide bonds. The Bertz CT molecular complexity index is 1240. The molecule has 31 heavy (non-hydrogen) atoms. The first kappa shape index (κ1) is 20.3. The minimum absolute atomic E-state index is 0.121. The van der Waals surface area contributed by atoms with Crippen molar-refractivity contribution in [3.05, 3.63) is 83.3 Å². The van der Waals surface area contributed by atoms with Crippen LogP contribution in [0.5, 0.6) is 5.75 Å². The zero-order valence-electron chi connectivity index (χ0n) is 17.1. The molecule has 4 aromatic rings. The van der Waals surface area contributed by atoms with Gasteiger partial charge in [0, 0.05) is 18.7 Å². The lowest BCUT2D eigenvalue weighted by Gasteiger charge is -2.13. The van der Waals surface area contributed by atoms with Gasteiger partial charge in [0.15, 0.2) is 5.58 Å². The minimum atomic E-state index is -0.407. The Morgan fingerprint density at radius 2 is 1.68 bits per heavy atom. The normalized spacial score (nSPS) is 10.7. The summed E-state index contributed by atoms with van der Waals surface area (Å²) in [5.41, 5.74) is 3.65. The summed E-state index contributed by atoms with van der Waals surface area (Å²) < 4.78 is 12.0. The molecule has 0 aliphatic carbocycles. The molecule has 0 bridgehead atoms. The van der Waals surface area contributed by atoms with E-state index in [1.807, 2.05) is 66.7 Å². The predicted molar refractivity (Wildman–Crippen MR) is 121 cm³/mol. The lowest BCUT2D eigenvalue weighted by atomic mass is 10.2. The van der Waals surface area contributed by atoms with Crippen molar-refractivity contribution in [2.24, 2.45) is 0 Å². The van der Waals surface area contributed by atoms with Gasteiger partial charge in [0.25, 0.3) is 0 Å². The van der Waals surface area contributed by atoms with Gasteiger partial charge in [0.05, 0.1) is 24.0 Å². The fourth-order valence-corrected chi connectivity index (χ4v) is 3.37. The summed E-state index contributed by atoms with van der Waals surface area (Å²) in [5.74, 6) is 0.247. The molecular formula is C24H23N3O4. The first-order chi connectivity index (χ1) is 15.1. The standard InChI is InChI=1S/C24H23N3O4/c1-30-18-14-12-17(13-15-18)25-19-7-2-3-8-20(19)26-23(28)11-6-16-27-21-9-4-5-10-22(21)31-24(27)29/h2-5,7-10,12-15,25H,6,11,16H2,1H3,(H,26,28). The van der Waals surface area contributed by atoms with Crippen LogP contribution in [0.1, 0.15) is 12.8 Å². The number of rotatable bonds is 8. The SMILES string of the molecule is COc1ccc(Nc2ccccc2NC(=O)CCCn2c(=O)oc3ccccc32)cc1. The van der Waals surface area contributed by atoms with E-state index < -0.39 is 5.76 Å². The molecule has 0 saturated carbocycles. The summed E-state index contributed by atoms with van der Waals surface area (Å²) in [7, 11) is 1.62. The molecule has 7 nitrogen and oxygen atoms in total. The van der Waals surface area contributed by atoms with Crippen LogP contribution in [0.4, 0.5) is 17.1 Å². The van der Waals surface area contributed by atoms with Gasteiger partial charge in [-0.05, 0) is 55.0 Å². The van der Waals surface area contributed by atoms with Gasteiger partial charge in [-0.1, -0.05) is 24.3 Å². The number of oxazole rings is 1. The second kappa shape index (κ2) is 9.21. The van der Waals surface area contributed by atoms with E-state index in [9.17, 15) is 9.59 Å². The summed E-state index contributed by atoms with van der Waals surface area (Å²) in [5, 5.41) is 6.26. The van der Waals surface area contributed by atoms with Crippen LogP contribution in [0.15, 0.2) is 82.0 Å². The maximum Gasteiger partial charge on any atom is 0.419 e. The maximum atomic E-state index is 12.5. The number of methoxy groups -OCH3 is 1. The van der Waals surface area contributed by atoms with E-state index in [1.54, 1.807) is 17.7 Å². The van der Waals surface area contributed by atoms with Crippen molar-refractivity contribution in [1.82, 2.24) is 4.57 Å². The zero-order valence-corrected chi connectivity index (χ0v) is 17.1. The monoisotopic (exact) mass is 417 g/mol. The number of ether oxygens (including phenoxy) is 1. The molecule has 7 heteroatoms. The average Bonchev–Trinajstić information content (AvgIpc) is 3.11. The number of para-hydroxylation sites is 4. The molecule has 0 atom stereocenters. The molecular weight excluding hydrogens is 394 g/mol. The van der Waals surface area contributed by atoms with Gasteiger partial charge in [-0.15, -0.1) is 0 Å². The Labute approximate surface area is 179 Å². The number of carbonyl (C=O) groups is 1. The van der Waals surface area contributed by atoms with Gasteiger partial charge in [-0.2, -0.15) is 0 Å². The van der Waals surface area contributed by atoms with Crippen molar-refractivity contribution in [2.45, 2.75) is 19.4 Å². The summed E-state index contributed by atoms with van der Waals surface area (Å²) >= 11 is 0. The van der Waals surface area contributed by atoms with E-state index in [1.165, 1.54) is 0 Å². The molecule has 1 aromatic heterocycles. The van der Waals surface area contributed by atoms with Crippen LogP contribution in [-0.4, -0.2) is 17.6 Å². The smallest absolute Gasteiger partial charge is 0.419 e. The highest BCUT2D eigenvalue weighted by molar-refractivity contribution is 5.94. The number of hydrogen-bond donors (Lipinski definition) is 2. The van der Waals surface area contributed by atoms with E-state index in [0.29, 0.717) is 24.2 Å². The molecule has 0 aliphatic rings. The van der Waals surface area contributed by atoms with Crippen LogP contribution in [-0.2, 0) is 11.3 Å². The van der Waals surface area contributed by atoms with Crippen molar-refractivity contribution >= 4 is 34.1 Å². The molecule has 0 radical (unpaired) electrons. The average molecular weight is 417 g/mol. The number of aromatic nitrogens is 1. The molecule has 158 valence electrons. The number of nitrogens with one attached hydrogen (secondary N) is 2. The molecule has 0 saturated heterocycles. The van der Waals surface area contributed by atoms with Crippen molar-refractivity contribution in [1.29, 1.82) is 0 Å². The van der Waals surface area contributed by atoms with Gasteiger partial charge < -0.3 is 19.8 Å². The Kier molecular flexibility index (Phi) is 6.03. The molecule has 2 N–H and O–H groups in total. The number of nitrogens with zero attached hydrogens (tertiary/aromatic N) is 1. The molecule has 3 aromatic carbocycles. The Morgan fingerprint density at radius 3 is 2.45 bits per heavy atom. The fraction of sp³-hybridized carbons (Fsp3) is 0.167. The number of anilines is 3. The van der Waals surface area contributed by atoms with Crippen molar-refractivity contribution in [2.75, 3.05) is 17.7 Å². The minimum Gasteiger partial charge on any atom is -0.497 e. The third-order valence-corrected chi connectivity index (χ3v) is 4.93. The molecule has 0 aliphatic heterocycles. The number of aryl methyl sites for hydroxylation is 1. The summed E-state index contributed by atoms with van der Waals surface area (Å²) in [6, 6.07) is 22.3. The van der Waals surface area contributed by atoms with Gasteiger partial charge in [0.1, 0.15) is 5.75 Å². The predicted octanol–water partition coefficient (Wildman–Crippen LogP) is 4.77. The molecule has 0 fully saturated rings. The number of fused-ring (bicyclic) bond motifs is 1. The van der Waals surface area contributed by atoms with Crippen LogP contribution in [0.3, 0.4) is 0 Å². The van der Waals surface area contributed by atoms with Gasteiger partial charge in [-0.3, -0.25) is 9.36 Å². The zero-order chi connectivity index (χ0) is 21.6. The molecule has 1 heterocycles. The quantitative estimate of drug-likeness (QED) is 0.432. The van der Waals surface area contributed by atoms with E-state index in [-0.39, 0.29) is 12.3 Å².